The van der Waals surface area contributed by atoms with E-state index in [4.69, 9.17) is 4.74 Å². The molecule has 0 spiro atoms. The zero-order valence-corrected chi connectivity index (χ0v) is 12.8. The fourth-order valence-electron chi connectivity index (χ4n) is 2.15. The highest BCUT2D eigenvalue weighted by Crippen LogP contribution is 2.15. The van der Waals surface area contributed by atoms with Crippen LogP contribution in [0.5, 0.6) is 0 Å². The SMILES string of the molecule is CS(=O)(=O)c1ccc(NC(=O)NCC2CCOCC2)cc1. The number of urea groups is 1. The van der Waals surface area contributed by atoms with Crippen molar-refractivity contribution >= 4 is 21.6 Å². The monoisotopic (exact) mass is 312 g/mol. The molecule has 0 aromatic heterocycles. The van der Waals surface area contributed by atoms with Gasteiger partial charge < -0.3 is 15.4 Å². The number of carbonyl (C=O) groups is 1. The lowest BCUT2D eigenvalue weighted by molar-refractivity contribution is 0.0671. The summed E-state index contributed by atoms with van der Waals surface area (Å²) in [5.41, 5.74) is 0.562. The van der Waals surface area contributed by atoms with E-state index >= 15 is 0 Å². The van der Waals surface area contributed by atoms with Gasteiger partial charge in [-0.15, -0.1) is 0 Å². The second-order valence-electron chi connectivity index (χ2n) is 5.19. The summed E-state index contributed by atoms with van der Waals surface area (Å²) in [6.07, 6.45) is 3.07. The number of hydrogen-bond acceptors (Lipinski definition) is 4. The van der Waals surface area contributed by atoms with Crippen molar-refractivity contribution < 1.29 is 17.9 Å². The molecule has 0 aliphatic carbocycles. The standard InChI is InChI=1S/C14H20N2O4S/c1-21(18,19)13-4-2-12(3-5-13)16-14(17)15-10-11-6-8-20-9-7-11/h2-5,11H,6-10H2,1H3,(H2,15,16,17). The molecule has 6 nitrogen and oxygen atoms in total. The topological polar surface area (TPSA) is 84.5 Å². The van der Waals surface area contributed by atoms with Crippen molar-refractivity contribution in [2.45, 2.75) is 17.7 Å². The molecule has 1 aliphatic heterocycles. The molecule has 1 aromatic carbocycles. The summed E-state index contributed by atoms with van der Waals surface area (Å²) < 4.78 is 27.9. The molecule has 0 saturated carbocycles. The first-order valence-corrected chi connectivity index (χ1v) is 8.77. The van der Waals surface area contributed by atoms with Gasteiger partial charge in [-0.2, -0.15) is 0 Å². The minimum atomic E-state index is -3.21. The van der Waals surface area contributed by atoms with Gasteiger partial charge in [-0.05, 0) is 43.0 Å². The Morgan fingerprint density at radius 3 is 2.43 bits per heavy atom. The summed E-state index contributed by atoms with van der Waals surface area (Å²) in [7, 11) is -3.21. The van der Waals surface area contributed by atoms with Gasteiger partial charge in [0.1, 0.15) is 0 Å². The van der Waals surface area contributed by atoms with Crippen LogP contribution in [0.2, 0.25) is 0 Å². The number of amides is 2. The molecule has 7 heteroatoms. The molecule has 1 heterocycles. The summed E-state index contributed by atoms with van der Waals surface area (Å²) in [5, 5.41) is 5.51. The maximum absolute atomic E-state index is 11.8. The Kier molecular flexibility index (Phi) is 5.19. The third kappa shape index (κ3) is 5.02. The van der Waals surface area contributed by atoms with E-state index in [1.165, 1.54) is 12.1 Å². The van der Waals surface area contributed by atoms with Crippen LogP contribution in [0, 0.1) is 5.92 Å². The predicted molar refractivity (Wildman–Crippen MR) is 80.1 cm³/mol. The number of sulfone groups is 1. The molecule has 2 N–H and O–H groups in total. The Morgan fingerprint density at radius 1 is 1.24 bits per heavy atom. The molecular formula is C14H20N2O4S. The minimum absolute atomic E-state index is 0.232. The van der Waals surface area contributed by atoms with E-state index in [1.54, 1.807) is 12.1 Å². The van der Waals surface area contributed by atoms with E-state index in [0.717, 1.165) is 32.3 Å². The second-order valence-corrected chi connectivity index (χ2v) is 7.20. The van der Waals surface area contributed by atoms with E-state index in [9.17, 15) is 13.2 Å². The molecule has 2 amide bonds. The van der Waals surface area contributed by atoms with Gasteiger partial charge in [-0.25, -0.2) is 13.2 Å². The number of nitrogens with one attached hydrogen (secondary N) is 2. The third-order valence-electron chi connectivity index (χ3n) is 3.43. The maximum atomic E-state index is 11.8. The fraction of sp³-hybridized carbons (Fsp3) is 0.500. The highest BCUT2D eigenvalue weighted by atomic mass is 32.2. The van der Waals surface area contributed by atoms with Crippen LogP contribution in [0.3, 0.4) is 0 Å². The lowest BCUT2D eigenvalue weighted by Gasteiger charge is -2.22. The van der Waals surface area contributed by atoms with Crippen LogP contribution >= 0.6 is 0 Å². The van der Waals surface area contributed by atoms with Crippen LogP contribution in [-0.4, -0.2) is 40.5 Å². The number of ether oxygens (including phenoxy) is 1. The average molecular weight is 312 g/mol. The van der Waals surface area contributed by atoms with Crippen molar-refractivity contribution in [3.63, 3.8) is 0 Å². The molecule has 21 heavy (non-hydrogen) atoms. The predicted octanol–water partition coefficient (Wildman–Crippen LogP) is 1.64. The lowest BCUT2D eigenvalue weighted by atomic mass is 10.0. The Bertz CT molecular complexity index is 577. The molecule has 1 fully saturated rings. The van der Waals surface area contributed by atoms with Crippen LogP contribution in [0.4, 0.5) is 10.5 Å². The molecule has 1 aliphatic rings. The summed E-state index contributed by atoms with van der Waals surface area (Å²) >= 11 is 0. The Balaban J connectivity index is 1.82. The highest BCUT2D eigenvalue weighted by Gasteiger charge is 2.14. The molecule has 0 atom stereocenters. The minimum Gasteiger partial charge on any atom is -0.381 e. The average Bonchev–Trinajstić information content (AvgIpc) is 2.46. The van der Waals surface area contributed by atoms with Gasteiger partial charge in [0.05, 0.1) is 4.90 Å². The maximum Gasteiger partial charge on any atom is 0.319 e. The fourth-order valence-corrected chi connectivity index (χ4v) is 2.78. The van der Waals surface area contributed by atoms with E-state index in [1.807, 2.05) is 0 Å². The third-order valence-corrected chi connectivity index (χ3v) is 4.56. The van der Waals surface area contributed by atoms with Crippen LogP contribution < -0.4 is 10.6 Å². The quantitative estimate of drug-likeness (QED) is 0.885. The highest BCUT2D eigenvalue weighted by molar-refractivity contribution is 7.90. The van der Waals surface area contributed by atoms with E-state index < -0.39 is 9.84 Å². The Hall–Kier alpha value is -1.60. The van der Waals surface area contributed by atoms with Crippen molar-refractivity contribution in [2.24, 2.45) is 5.92 Å². The molecule has 0 radical (unpaired) electrons. The zero-order chi connectivity index (χ0) is 15.3. The summed E-state index contributed by atoms with van der Waals surface area (Å²) in [6.45, 7) is 2.12. The first-order valence-electron chi connectivity index (χ1n) is 6.88. The molecule has 2 rings (SSSR count). The van der Waals surface area contributed by atoms with Crippen molar-refractivity contribution in [1.82, 2.24) is 5.32 Å². The number of benzene rings is 1. The van der Waals surface area contributed by atoms with Gasteiger partial charge in [-0.3, -0.25) is 0 Å². The van der Waals surface area contributed by atoms with Crippen LogP contribution in [0.15, 0.2) is 29.2 Å². The normalized spacial score (nSPS) is 16.4. The van der Waals surface area contributed by atoms with Gasteiger partial charge in [-0.1, -0.05) is 0 Å². The van der Waals surface area contributed by atoms with E-state index in [-0.39, 0.29) is 10.9 Å². The Labute approximate surface area is 124 Å². The zero-order valence-electron chi connectivity index (χ0n) is 12.0. The number of hydrogen-bond donors (Lipinski definition) is 2. The van der Waals surface area contributed by atoms with Gasteiger partial charge in [0.25, 0.3) is 0 Å². The molecule has 0 bridgehead atoms. The van der Waals surface area contributed by atoms with Crippen molar-refractivity contribution in [1.29, 1.82) is 0 Å². The summed E-state index contributed by atoms with van der Waals surface area (Å²) in [4.78, 5) is 12.0. The van der Waals surface area contributed by atoms with E-state index in [2.05, 4.69) is 10.6 Å². The number of carbonyl (C=O) groups excluding carboxylic acids is 1. The first kappa shape index (κ1) is 15.8. The van der Waals surface area contributed by atoms with Gasteiger partial charge >= 0.3 is 6.03 Å². The van der Waals surface area contributed by atoms with Gasteiger partial charge in [0.15, 0.2) is 9.84 Å². The van der Waals surface area contributed by atoms with Crippen LogP contribution in [-0.2, 0) is 14.6 Å². The van der Waals surface area contributed by atoms with Crippen molar-refractivity contribution in [2.75, 3.05) is 31.3 Å². The molecule has 1 saturated heterocycles. The Morgan fingerprint density at radius 2 is 1.86 bits per heavy atom. The molecular weight excluding hydrogens is 292 g/mol. The van der Waals surface area contributed by atoms with Gasteiger partial charge in [0, 0.05) is 31.7 Å². The van der Waals surface area contributed by atoms with Crippen molar-refractivity contribution in [3.05, 3.63) is 24.3 Å². The lowest BCUT2D eigenvalue weighted by Crippen LogP contribution is -2.35. The number of rotatable bonds is 4. The second kappa shape index (κ2) is 6.91. The number of anilines is 1. The van der Waals surface area contributed by atoms with Crippen molar-refractivity contribution in [3.8, 4) is 0 Å². The van der Waals surface area contributed by atoms with Gasteiger partial charge in [0.2, 0.25) is 0 Å². The molecule has 116 valence electrons. The smallest absolute Gasteiger partial charge is 0.319 e. The molecule has 0 unspecified atom stereocenters. The summed E-state index contributed by atoms with van der Waals surface area (Å²) in [5.74, 6) is 0.456. The summed E-state index contributed by atoms with van der Waals surface area (Å²) in [6, 6.07) is 5.82. The largest absolute Gasteiger partial charge is 0.381 e. The first-order chi connectivity index (χ1) is 9.95. The molecule has 1 aromatic rings. The van der Waals surface area contributed by atoms with Crippen LogP contribution in [0.25, 0.3) is 0 Å². The van der Waals surface area contributed by atoms with Crippen LogP contribution in [0.1, 0.15) is 12.8 Å². The van der Waals surface area contributed by atoms with E-state index in [0.29, 0.717) is 18.2 Å².